The van der Waals surface area contributed by atoms with Gasteiger partial charge in [-0.3, -0.25) is 0 Å². The van der Waals surface area contributed by atoms with Gasteiger partial charge in [-0.2, -0.15) is 13.2 Å². The van der Waals surface area contributed by atoms with Crippen LogP contribution in [0.25, 0.3) is 0 Å². The van der Waals surface area contributed by atoms with Gasteiger partial charge in [0.1, 0.15) is 5.69 Å². The van der Waals surface area contributed by atoms with E-state index in [1.54, 1.807) is 0 Å². The number of anilines is 1. The van der Waals surface area contributed by atoms with Gasteiger partial charge in [-0.05, 0) is 11.6 Å². The second kappa shape index (κ2) is 5.41. The molecule has 0 bridgehead atoms. The van der Waals surface area contributed by atoms with Gasteiger partial charge in [0.25, 0.3) is 0 Å². The minimum Gasteiger partial charge on any atom is -0.477 e. The van der Waals surface area contributed by atoms with Crippen LogP contribution in [0.4, 0.5) is 18.3 Å². The highest BCUT2D eigenvalue weighted by Crippen LogP contribution is 2.33. The monoisotopic (exact) mass is 304 g/mol. The summed E-state index contributed by atoms with van der Waals surface area (Å²) in [5.41, 5.74) is 0.503. The standard InChI is InChI=1S/C10H7F3N4O2S/c11-10(12,13)8-16-17-9(20-8)15-4-5-1-2-6(7(18)19)14-3-5/h1-3H,4H2,(H,15,17)(H,18,19). The number of carboxylic acid groups (broad SMARTS) is 1. The fourth-order valence-corrected chi connectivity index (χ4v) is 1.85. The lowest BCUT2D eigenvalue weighted by atomic mass is 10.2. The Labute approximate surface area is 114 Å². The molecule has 0 fully saturated rings. The predicted octanol–water partition coefficient (Wildman–Crippen LogP) is 2.26. The van der Waals surface area contributed by atoms with E-state index >= 15 is 0 Å². The normalized spacial score (nSPS) is 11.3. The number of hydrogen-bond donors (Lipinski definition) is 2. The molecule has 0 spiro atoms. The van der Waals surface area contributed by atoms with Crippen molar-refractivity contribution < 1.29 is 23.1 Å². The maximum atomic E-state index is 12.3. The van der Waals surface area contributed by atoms with E-state index in [1.165, 1.54) is 18.3 Å². The van der Waals surface area contributed by atoms with Crippen molar-refractivity contribution >= 4 is 22.4 Å². The Morgan fingerprint density at radius 2 is 2.10 bits per heavy atom. The van der Waals surface area contributed by atoms with Crippen molar-refractivity contribution in [1.82, 2.24) is 15.2 Å². The Morgan fingerprint density at radius 1 is 1.35 bits per heavy atom. The Morgan fingerprint density at radius 3 is 2.60 bits per heavy atom. The van der Waals surface area contributed by atoms with Crippen molar-refractivity contribution in [3.05, 3.63) is 34.6 Å². The van der Waals surface area contributed by atoms with Gasteiger partial charge in [0, 0.05) is 12.7 Å². The number of aromatic nitrogens is 3. The zero-order valence-electron chi connectivity index (χ0n) is 9.68. The number of alkyl halides is 3. The van der Waals surface area contributed by atoms with Crippen LogP contribution in [0.1, 0.15) is 21.1 Å². The number of rotatable bonds is 4. The molecule has 2 N–H and O–H groups in total. The van der Waals surface area contributed by atoms with Crippen molar-refractivity contribution in [3.63, 3.8) is 0 Å². The molecule has 0 amide bonds. The van der Waals surface area contributed by atoms with E-state index < -0.39 is 17.2 Å². The molecule has 106 valence electrons. The first kappa shape index (κ1) is 14.2. The Hall–Kier alpha value is -2.23. The summed E-state index contributed by atoms with van der Waals surface area (Å²) in [6.07, 6.45) is -3.19. The molecule has 0 saturated heterocycles. The third kappa shape index (κ3) is 3.41. The first-order chi connectivity index (χ1) is 9.36. The van der Waals surface area contributed by atoms with E-state index in [0.717, 1.165) is 0 Å². The smallest absolute Gasteiger partial charge is 0.445 e. The molecule has 2 aromatic rings. The van der Waals surface area contributed by atoms with Crippen LogP contribution in [0.15, 0.2) is 18.3 Å². The topological polar surface area (TPSA) is 88.0 Å². The summed E-state index contributed by atoms with van der Waals surface area (Å²) in [5.74, 6) is -1.15. The lowest BCUT2D eigenvalue weighted by molar-refractivity contribution is -0.138. The van der Waals surface area contributed by atoms with Crippen LogP contribution in [0, 0.1) is 0 Å². The summed E-state index contributed by atoms with van der Waals surface area (Å²) in [6, 6.07) is 2.82. The van der Waals surface area contributed by atoms with E-state index in [2.05, 4.69) is 20.5 Å². The second-order valence-corrected chi connectivity index (χ2v) is 4.60. The Balaban J connectivity index is 1.98. The van der Waals surface area contributed by atoms with Gasteiger partial charge < -0.3 is 10.4 Å². The molecule has 2 heterocycles. The number of carbonyl (C=O) groups is 1. The van der Waals surface area contributed by atoms with Gasteiger partial charge >= 0.3 is 12.1 Å². The van der Waals surface area contributed by atoms with Gasteiger partial charge in [-0.1, -0.05) is 17.4 Å². The number of carboxylic acids is 1. The van der Waals surface area contributed by atoms with Gasteiger partial charge in [-0.15, -0.1) is 10.2 Å². The van der Waals surface area contributed by atoms with Gasteiger partial charge in [0.15, 0.2) is 0 Å². The summed E-state index contributed by atoms with van der Waals surface area (Å²) >= 11 is 0.394. The summed E-state index contributed by atoms with van der Waals surface area (Å²) < 4.78 is 36.9. The van der Waals surface area contributed by atoms with Crippen molar-refractivity contribution in [1.29, 1.82) is 0 Å². The average molecular weight is 304 g/mol. The largest absolute Gasteiger partial charge is 0.477 e. The number of nitrogens with zero attached hydrogens (tertiary/aromatic N) is 3. The van der Waals surface area contributed by atoms with E-state index in [0.29, 0.717) is 16.9 Å². The molecule has 0 aliphatic heterocycles. The minimum absolute atomic E-state index is 0.0274. The molecule has 10 heteroatoms. The third-order valence-corrected chi connectivity index (χ3v) is 3.08. The molecule has 0 atom stereocenters. The predicted molar refractivity (Wildman–Crippen MR) is 63.4 cm³/mol. The van der Waals surface area contributed by atoms with Crippen LogP contribution in [-0.4, -0.2) is 26.3 Å². The van der Waals surface area contributed by atoms with Crippen LogP contribution in [0.2, 0.25) is 0 Å². The molecule has 2 rings (SSSR count). The minimum atomic E-state index is -4.51. The summed E-state index contributed by atoms with van der Waals surface area (Å²) in [7, 11) is 0. The van der Waals surface area contributed by atoms with Crippen molar-refractivity contribution in [2.45, 2.75) is 12.7 Å². The lowest BCUT2D eigenvalue weighted by Crippen LogP contribution is -2.03. The first-order valence-electron chi connectivity index (χ1n) is 5.19. The molecule has 0 aliphatic rings. The Kier molecular flexibility index (Phi) is 3.84. The first-order valence-corrected chi connectivity index (χ1v) is 6.00. The number of halogens is 3. The molecule has 0 aliphatic carbocycles. The van der Waals surface area contributed by atoms with Gasteiger partial charge in [-0.25, -0.2) is 9.78 Å². The number of pyridine rings is 1. The zero-order valence-corrected chi connectivity index (χ0v) is 10.5. The van der Waals surface area contributed by atoms with Gasteiger partial charge in [0.05, 0.1) is 0 Å². The summed E-state index contributed by atoms with van der Waals surface area (Å²) in [5, 5.41) is 16.7. The molecule has 20 heavy (non-hydrogen) atoms. The number of hydrogen-bond acceptors (Lipinski definition) is 6. The van der Waals surface area contributed by atoms with E-state index in [-0.39, 0.29) is 17.4 Å². The highest BCUT2D eigenvalue weighted by Gasteiger charge is 2.35. The molecular formula is C10H7F3N4O2S. The third-order valence-electron chi connectivity index (χ3n) is 2.16. The maximum Gasteiger partial charge on any atom is 0.445 e. The van der Waals surface area contributed by atoms with Crippen LogP contribution in [-0.2, 0) is 12.7 Å². The highest BCUT2D eigenvalue weighted by molar-refractivity contribution is 7.15. The molecule has 0 unspecified atom stereocenters. The number of aromatic carboxylic acids is 1. The van der Waals surface area contributed by atoms with Crippen molar-refractivity contribution in [3.8, 4) is 0 Å². The lowest BCUT2D eigenvalue weighted by Gasteiger charge is -2.02. The second-order valence-electron chi connectivity index (χ2n) is 3.62. The van der Waals surface area contributed by atoms with E-state index in [1.807, 2.05) is 0 Å². The highest BCUT2D eigenvalue weighted by atomic mass is 32.1. The van der Waals surface area contributed by atoms with Gasteiger partial charge in [0.2, 0.25) is 10.1 Å². The number of nitrogens with one attached hydrogen (secondary N) is 1. The Bertz CT molecular complexity index is 612. The molecular weight excluding hydrogens is 297 g/mol. The van der Waals surface area contributed by atoms with E-state index in [9.17, 15) is 18.0 Å². The van der Waals surface area contributed by atoms with Crippen LogP contribution < -0.4 is 5.32 Å². The molecule has 2 aromatic heterocycles. The van der Waals surface area contributed by atoms with Crippen molar-refractivity contribution in [2.24, 2.45) is 0 Å². The van der Waals surface area contributed by atoms with Crippen LogP contribution in [0.5, 0.6) is 0 Å². The molecule has 0 radical (unpaired) electrons. The van der Waals surface area contributed by atoms with E-state index in [4.69, 9.17) is 5.11 Å². The summed E-state index contributed by atoms with van der Waals surface area (Å²) in [6.45, 7) is 0.166. The maximum absolute atomic E-state index is 12.3. The van der Waals surface area contributed by atoms with Crippen LogP contribution in [0.3, 0.4) is 0 Å². The molecule has 0 saturated carbocycles. The zero-order chi connectivity index (χ0) is 14.8. The quantitative estimate of drug-likeness (QED) is 0.901. The fraction of sp³-hybridized carbons (Fsp3) is 0.200. The molecule has 6 nitrogen and oxygen atoms in total. The summed E-state index contributed by atoms with van der Waals surface area (Å²) in [4.78, 5) is 14.3. The molecule has 0 aromatic carbocycles. The van der Waals surface area contributed by atoms with Crippen LogP contribution >= 0.6 is 11.3 Å². The SMILES string of the molecule is O=C(O)c1ccc(CNc2nnc(C(F)(F)F)s2)cn1. The fourth-order valence-electron chi connectivity index (χ4n) is 1.24. The average Bonchev–Trinajstić information content (AvgIpc) is 2.85. The van der Waals surface area contributed by atoms with Crippen molar-refractivity contribution in [2.75, 3.05) is 5.32 Å².